The molecular formula is C23H18Cl2N2O2. The molecule has 29 heavy (non-hydrogen) atoms. The molecule has 1 aromatic heterocycles. The number of rotatable bonds is 7. The minimum atomic E-state index is -0.431. The van der Waals surface area contributed by atoms with Crippen molar-refractivity contribution in [3.63, 3.8) is 0 Å². The van der Waals surface area contributed by atoms with Crippen molar-refractivity contribution in [1.29, 1.82) is 5.26 Å². The number of benzene rings is 2. The highest BCUT2D eigenvalue weighted by atomic mass is 35.5. The first-order valence-corrected chi connectivity index (χ1v) is 9.81. The van der Waals surface area contributed by atoms with Crippen molar-refractivity contribution in [1.82, 2.24) is 5.32 Å². The quantitative estimate of drug-likeness (QED) is 0.291. The number of amides is 1. The molecule has 0 aliphatic heterocycles. The van der Waals surface area contributed by atoms with Crippen LogP contribution in [-0.2, 0) is 11.2 Å². The zero-order valence-electron chi connectivity index (χ0n) is 15.5. The van der Waals surface area contributed by atoms with Gasteiger partial charge in [-0.2, -0.15) is 5.26 Å². The van der Waals surface area contributed by atoms with E-state index in [0.717, 1.165) is 12.8 Å². The number of nitrogens with one attached hydrogen (secondary N) is 1. The summed E-state index contributed by atoms with van der Waals surface area (Å²) in [5.74, 6) is 0.454. The van der Waals surface area contributed by atoms with Crippen molar-refractivity contribution in [2.75, 3.05) is 6.54 Å². The van der Waals surface area contributed by atoms with E-state index < -0.39 is 5.91 Å². The Labute approximate surface area is 179 Å². The number of nitrogens with zero attached hydrogens (tertiary/aromatic N) is 1. The summed E-state index contributed by atoms with van der Waals surface area (Å²) in [6.07, 6.45) is 3.05. The molecule has 0 saturated carbocycles. The molecule has 1 N–H and O–H groups in total. The number of aryl methyl sites for hydroxylation is 1. The molecule has 0 saturated heterocycles. The summed E-state index contributed by atoms with van der Waals surface area (Å²) in [6.45, 7) is 0.480. The Bertz CT molecular complexity index is 1070. The lowest BCUT2D eigenvalue weighted by Crippen LogP contribution is -2.25. The molecule has 1 heterocycles. The molecule has 0 spiro atoms. The van der Waals surface area contributed by atoms with Crippen LogP contribution in [0.1, 0.15) is 17.7 Å². The van der Waals surface area contributed by atoms with Crippen LogP contribution in [0.2, 0.25) is 10.0 Å². The van der Waals surface area contributed by atoms with Crippen molar-refractivity contribution < 1.29 is 9.21 Å². The SMILES string of the molecule is N#C/C(=C/c1ccc(-c2cc(Cl)ccc2Cl)o1)C(=O)NCCCc1ccccc1. The normalized spacial score (nSPS) is 11.1. The second-order valence-electron chi connectivity index (χ2n) is 6.34. The van der Waals surface area contributed by atoms with Gasteiger partial charge in [-0.25, -0.2) is 0 Å². The fraction of sp³-hybridized carbons (Fsp3) is 0.130. The predicted octanol–water partition coefficient (Wildman–Crippen LogP) is 5.91. The predicted molar refractivity (Wildman–Crippen MR) is 116 cm³/mol. The van der Waals surface area contributed by atoms with Crippen molar-refractivity contribution in [2.24, 2.45) is 0 Å². The van der Waals surface area contributed by atoms with Gasteiger partial charge in [-0.3, -0.25) is 4.79 Å². The first kappa shape index (κ1) is 20.7. The molecule has 0 bridgehead atoms. The summed E-state index contributed by atoms with van der Waals surface area (Å²) in [5.41, 5.74) is 1.83. The fourth-order valence-corrected chi connectivity index (χ4v) is 3.17. The van der Waals surface area contributed by atoms with Gasteiger partial charge < -0.3 is 9.73 Å². The standard InChI is InChI=1S/C23H18Cl2N2O2/c24-18-8-10-21(25)20(14-18)22-11-9-19(29-22)13-17(15-26)23(28)27-12-4-7-16-5-2-1-3-6-16/h1-3,5-6,8-11,13-14H,4,7,12H2,(H,27,28)/b17-13-. The highest BCUT2D eigenvalue weighted by molar-refractivity contribution is 6.35. The molecule has 3 rings (SSSR count). The van der Waals surface area contributed by atoms with Gasteiger partial charge in [0.15, 0.2) is 0 Å². The van der Waals surface area contributed by atoms with E-state index in [2.05, 4.69) is 5.32 Å². The van der Waals surface area contributed by atoms with E-state index in [1.54, 1.807) is 30.3 Å². The van der Waals surface area contributed by atoms with E-state index in [4.69, 9.17) is 27.6 Å². The minimum Gasteiger partial charge on any atom is -0.457 e. The summed E-state index contributed by atoms with van der Waals surface area (Å²) in [7, 11) is 0. The van der Waals surface area contributed by atoms with Crippen molar-refractivity contribution in [3.05, 3.63) is 87.6 Å². The smallest absolute Gasteiger partial charge is 0.262 e. The van der Waals surface area contributed by atoms with E-state index in [1.807, 2.05) is 36.4 Å². The maximum atomic E-state index is 12.3. The van der Waals surface area contributed by atoms with Crippen LogP contribution in [0, 0.1) is 11.3 Å². The molecule has 0 aliphatic carbocycles. The van der Waals surface area contributed by atoms with Gasteiger partial charge in [-0.1, -0.05) is 53.5 Å². The molecular weight excluding hydrogens is 407 g/mol. The topological polar surface area (TPSA) is 66.0 Å². The first-order chi connectivity index (χ1) is 14.1. The molecule has 0 radical (unpaired) electrons. The van der Waals surface area contributed by atoms with E-state index in [1.165, 1.54) is 11.6 Å². The summed E-state index contributed by atoms with van der Waals surface area (Å²) in [4.78, 5) is 12.3. The van der Waals surface area contributed by atoms with Crippen LogP contribution in [0.3, 0.4) is 0 Å². The van der Waals surface area contributed by atoms with E-state index >= 15 is 0 Å². The van der Waals surface area contributed by atoms with Gasteiger partial charge >= 0.3 is 0 Å². The van der Waals surface area contributed by atoms with Crippen LogP contribution >= 0.6 is 23.2 Å². The summed E-state index contributed by atoms with van der Waals surface area (Å²) in [5, 5.41) is 13.1. The first-order valence-electron chi connectivity index (χ1n) is 9.06. The maximum Gasteiger partial charge on any atom is 0.262 e. The molecule has 146 valence electrons. The van der Waals surface area contributed by atoms with Crippen LogP contribution in [0.15, 0.2) is 70.7 Å². The Morgan fingerprint density at radius 2 is 1.90 bits per heavy atom. The molecule has 2 aromatic carbocycles. The number of hydrogen-bond donors (Lipinski definition) is 1. The molecule has 3 aromatic rings. The monoisotopic (exact) mass is 424 g/mol. The Morgan fingerprint density at radius 3 is 2.66 bits per heavy atom. The minimum absolute atomic E-state index is 0.0252. The Morgan fingerprint density at radius 1 is 1.10 bits per heavy atom. The van der Waals surface area contributed by atoms with Crippen LogP contribution in [0.25, 0.3) is 17.4 Å². The lowest BCUT2D eigenvalue weighted by molar-refractivity contribution is -0.117. The number of halogens is 2. The number of furan rings is 1. The summed E-state index contributed by atoms with van der Waals surface area (Å²) in [6, 6.07) is 20.4. The van der Waals surface area contributed by atoms with Gasteiger partial charge in [0, 0.05) is 23.2 Å². The molecule has 6 heteroatoms. The molecule has 0 fully saturated rings. The molecule has 4 nitrogen and oxygen atoms in total. The number of hydrogen-bond acceptors (Lipinski definition) is 3. The largest absolute Gasteiger partial charge is 0.457 e. The Hall–Kier alpha value is -3.00. The third kappa shape index (κ3) is 5.74. The number of nitriles is 1. The summed E-state index contributed by atoms with van der Waals surface area (Å²) < 4.78 is 5.72. The van der Waals surface area contributed by atoms with Crippen molar-refractivity contribution in [3.8, 4) is 17.4 Å². The zero-order chi connectivity index (χ0) is 20.6. The number of carbonyl (C=O) groups excluding carboxylic acids is 1. The van der Waals surface area contributed by atoms with Gasteiger partial charge in [0.05, 0.1) is 5.02 Å². The Kier molecular flexibility index (Phi) is 7.13. The van der Waals surface area contributed by atoms with Crippen LogP contribution in [-0.4, -0.2) is 12.5 Å². The highest BCUT2D eigenvalue weighted by Gasteiger charge is 2.12. The van der Waals surface area contributed by atoms with Crippen molar-refractivity contribution in [2.45, 2.75) is 12.8 Å². The fourth-order valence-electron chi connectivity index (χ4n) is 2.79. The molecule has 0 unspecified atom stereocenters. The van der Waals surface area contributed by atoms with E-state index in [-0.39, 0.29) is 5.57 Å². The third-order valence-electron chi connectivity index (χ3n) is 4.24. The summed E-state index contributed by atoms with van der Waals surface area (Å²) >= 11 is 12.2. The lowest BCUT2D eigenvalue weighted by atomic mass is 10.1. The van der Waals surface area contributed by atoms with Gasteiger partial charge in [-0.15, -0.1) is 0 Å². The molecule has 0 aliphatic rings. The average molecular weight is 425 g/mol. The number of carbonyl (C=O) groups is 1. The second-order valence-corrected chi connectivity index (χ2v) is 7.18. The van der Waals surface area contributed by atoms with E-state index in [9.17, 15) is 10.1 Å². The average Bonchev–Trinajstić information content (AvgIpc) is 3.20. The highest BCUT2D eigenvalue weighted by Crippen LogP contribution is 2.32. The molecule has 1 amide bonds. The zero-order valence-corrected chi connectivity index (χ0v) is 17.0. The van der Waals surface area contributed by atoms with Gasteiger partial charge in [0.25, 0.3) is 5.91 Å². The maximum absolute atomic E-state index is 12.3. The second kappa shape index (κ2) is 9.97. The third-order valence-corrected chi connectivity index (χ3v) is 4.81. The lowest BCUT2D eigenvalue weighted by Gasteiger charge is -2.04. The van der Waals surface area contributed by atoms with Crippen LogP contribution < -0.4 is 5.32 Å². The van der Waals surface area contributed by atoms with Crippen molar-refractivity contribution >= 4 is 35.2 Å². The van der Waals surface area contributed by atoms with Gasteiger partial charge in [0.1, 0.15) is 23.2 Å². The van der Waals surface area contributed by atoms with Gasteiger partial charge in [0.2, 0.25) is 0 Å². The Balaban J connectivity index is 1.62. The molecule has 0 atom stereocenters. The van der Waals surface area contributed by atoms with Crippen LogP contribution in [0.5, 0.6) is 0 Å². The van der Waals surface area contributed by atoms with Crippen LogP contribution in [0.4, 0.5) is 0 Å². The van der Waals surface area contributed by atoms with Gasteiger partial charge in [-0.05, 0) is 48.7 Å². The van der Waals surface area contributed by atoms with E-state index in [0.29, 0.717) is 33.7 Å².